The normalized spacial score (nSPS) is 20.8. The molecule has 0 atom stereocenters. The van der Waals surface area contributed by atoms with E-state index in [1.165, 1.54) is 4.90 Å². The fourth-order valence-corrected chi connectivity index (χ4v) is 4.04. The first-order valence-corrected chi connectivity index (χ1v) is 10.6. The molecule has 1 aromatic carbocycles. The van der Waals surface area contributed by atoms with Crippen molar-refractivity contribution in [1.82, 2.24) is 14.9 Å². The fourth-order valence-electron chi connectivity index (χ4n) is 3.81. The van der Waals surface area contributed by atoms with Gasteiger partial charge in [-0.3, -0.25) is 14.5 Å². The third kappa shape index (κ3) is 4.69. The highest BCUT2D eigenvalue weighted by Crippen LogP contribution is 2.26. The minimum Gasteiger partial charge on any atom is -0.378 e. The van der Waals surface area contributed by atoms with Crippen molar-refractivity contribution in [2.45, 2.75) is 19.4 Å². The van der Waals surface area contributed by atoms with Crippen LogP contribution in [0.25, 0.3) is 0 Å². The van der Waals surface area contributed by atoms with Gasteiger partial charge in [-0.2, -0.15) is 0 Å². The molecule has 3 aliphatic heterocycles. The van der Waals surface area contributed by atoms with Crippen molar-refractivity contribution in [3.63, 3.8) is 0 Å². The number of imide groups is 1. The Balaban J connectivity index is 1.28. The van der Waals surface area contributed by atoms with Crippen molar-refractivity contribution in [3.8, 4) is 0 Å². The molecule has 3 heterocycles. The molecule has 3 aliphatic rings. The molecule has 3 fully saturated rings. The number of hydroxylamine groups is 2. The molecule has 0 bridgehead atoms. The number of nitrogens with zero attached hydrogens (tertiary/aromatic N) is 4. The van der Waals surface area contributed by atoms with Crippen LogP contribution in [0, 0.1) is 0 Å². The number of anilines is 1. The first-order valence-electron chi connectivity index (χ1n) is 10.2. The molecule has 4 rings (SSSR count). The smallest absolute Gasteiger partial charge is 0.378 e. The predicted octanol–water partition coefficient (Wildman–Crippen LogP) is 1.49. The van der Waals surface area contributed by atoms with Crippen LogP contribution in [-0.2, 0) is 25.7 Å². The highest BCUT2D eigenvalue weighted by atomic mass is 35.5. The second-order valence-electron chi connectivity index (χ2n) is 7.58. The van der Waals surface area contributed by atoms with Crippen LogP contribution >= 0.6 is 11.6 Å². The molecule has 0 aliphatic carbocycles. The highest BCUT2D eigenvalue weighted by Gasteiger charge is 2.34. The lowest BCUT2D eigenvalue weighted by atomic mass is 10.1. The number of morpholine rings is 1. The lowest BCUT2D eigenvalue weighted by Gasteiger charge is -2.34. The summed E-state index contributed by atoms with van der Waals surface area (Å²) in [4.78, 5) is 46.4. The van der Waals surface area contributed by atoms with E-state index in [1.807, 2.05) is 6.07 Å². The zero-order valence-electron chi connectivity index (χ0n) is 16.7. The quantitative estimate of drug-likeness (QED) is 0.661. The number of piperazine rings is 1. The van der Waals surface area contributed by atoms with Gasteiger partial charge in [0.25, 0.3) is 11.8 Å². The van der Waals surface area contributed by atoms with E-state index in [2.05, 4.69) is 21.9 Å². The molecule has 0 spiro atoms. The zero-order chi connectivity index (χ0) is 21.1. The second-order valence-corrected chi connectivity index (χ2v) is 7.98. The molecule has 0 N–H and O–H groups in total. The monoisotopic (exact) mass is 436 g/mol. The summed E-state index contributed by atoms with van der Waals surface area (Å²) < 4.78 is 5.39. The lowest BCUT2D eigenvalue weighted by molar-refractivity contribution is -0.174. The number of hydrogen-bond donors (Lipinski definition) is 0. The van der Waals surface area contributed by atoms with Gasteiger partial charge in [0.2, 0.25) is 0 Å². The summed E-state index contributed by atoms with van der Waals surface area (Å²) in [5.74, 6) is -0.940. The Morgan fingerprint density at radius 2 is 1.67 bits per heavy atom. The summed E-state index contributed by atoms with van der Waals surface area (Å²) in [5, 5.41) is 1.32. The van der Waals surface area contributed by atoms with Crippen LogP contribution in [-0.4, -0.2) is 85.3 Å². The molecule has 9 nitrogen and oxygen atoms in total. The number of carbonyl (C=O) groups is 3. The summed E-state index contributed by atoms with van der Waals surface area (Å²) >= 11 is 6.53. The van der Waals surface area contributed by atoms with Crippen LogP contribution in [0.2, 0.25) is 5.02 Å². The van der Waals surface area contributed by atoms with Crippen molar-refractivity contribution < 1.29 is 24.0 Å². The molecule has 0 aromatic heterocycles. The van der Waals surface area contributed by atoms with Crippen LogP contribution in [0.4, 0.5) is 10.5 Å². The Bertz CT molecular complexity index is 805. The van der Waals surface area contributed by atoms with E-state index in [1.54, 1.807) is 0 Å². The Labute approximate surface area is 180 Å². The fraction of sp³-hybridized carbons (Fsp3) is 0.550. The average molecular weight is 437 g/mol. The number of hydrogen-bond acceptors (Lipinski definition) is 7. The van der Waals surface area contributed by atoms with Gasteiger partial charge in [-0.05, 0) is 17.7 Å². The molecule has 3 saturated heterocycles. The summed E-state index contributed by atoms with van der Waals surface area (Å²) in [6.07, 6.45) is -0.484. The largest absolute Gasteiger partial charge is 0.434 e. The van der Waals surface area contributed by atoms with Gasteiger partial charge in [-0.25, -0.2) is 4.79 Å². The minimum absolute atomic E-state index is 0.0883. The van der Waals surface area contributed by atoms with Gasteiger partial charge in [0.15, 0.2) is 0 Å². The molecule has 30 heavy (non-hydrogen) atoms. The van der Waals surface area contributed by atoms with Crippen LogP contribution in [0.5, 0.6) is 0 Å². The van der Waals surface area contributed by atoms with Crippen molar-refractivity contribution in [2.24, 2.45) is 0 Å². The number of ether oxygens (including phenoxy) is 1. The average Bonchev–Trinajstić information content (AvgIpc) is 3.08. The number of benzene rings is 1. The third-order valence-corrected chi connectivity index (χ3v) is 5.96. The highest BCUT2D eigenvalue weighted by molar-refractivity contribution is 6.31. The summed E-state index contributed by atoms with van der Waals surface area (Å²) in [6, 6.07) is 6.14. The molecular weight excluding hydrogens is 412 g/mol. The molecule has 162 valence electrons. The summed E-state index contributed by atoms with van der Waals surface area (Å²) in [5.41, 5.74) is 2.14. The van der Waals surface area contributed by atoms with Crippen LogP contribution in [0.1, 0.15) is 18.4 Å². The maximum atomic E-state index is 12.3. The number of rotatable bonds is 4. The number of amides is 3. The van der Waals surface area contributed by atoms with Gasteiger partial charge in [-0.15, -0.1) is 5.06 Å². The van der Waals surface area contributed by atoms with Gasteiger partial charge >= 0.3 is 6.09 Å². The van der Waals surface area contributed by atoms with E-state index in [-0.39, 0.29) is 12.8 Å². The molecule has 0 radical (unpaired) electrons. The van der Waals surface area contributed by atoms with Gasteiger partial charge in [0.05, 0.1) is 13.2 Å². The Hall–Kier alpha value is -2.36. The molecule has 0 unspecified atom stereocenters. The number of halogens is 1. The summed E-state index contributed by atoms with van der Waals surface area (Å²) in [7, 11) is 0. The molecule has 3 amide bonds. The van der Waals surface area contributed by atoms with Crippen molar-refractivity contribution in [1.29, 1.82) is 0 Å². The van der Waals surface area contributed by atoms with Crippen molar-refractivity contribution in [3.05, 3.63) is 28.8 Å². The van der Waals surface area contributed by atoms with E-state index in [4.69, 9.17) is 21.2 Å². The van der Waals surface area contributed by atoms with Crippen molar-refractivity contribution >= 4 is 35.2 Å². The molecule has 0 saturated carbocycles. The lowest BCUT2D eigenvalue weighted by Crippen LogP contribution is -2.50. The van der Waals surface area contributed by atoms with Crippen molar-refractivity contribution in [2.75, 3.05) is 57.4 Å². The third-order valence-electron chi connectivity index (χ3n) is 5.61. The second kappa shape index (κ2) is 9.20. The van der Waals surface area contributed by atoms with Crippen LogP contribution in [0.3, 0.4) is 0 Å². The van der Waals surface area contributed by atoms with Crippen LogP contribution < -0.4 is 4.90 Å². The van der Waals surface area contributed by atoms with Crippen LogP contribution in [0.15, 0.2) is 18.2 Å². The predicted molar refractivity (Wildman–Crippen MR) is 109 cm³/mol. The Morgan fingerprint density at radius 1 is 1.00 bits per heavy atom. The van der Waals surface area contributed by atoms with Gasteiger partial charge < -0.3 is 19.4 Å². The first-order chi connectivity index (χ1) is 14.5. The van der Waals surface area contributed by atoms with E-state index in [0.29, 0.717) is 37.8 Å². The maximum absolute atomic E-state index is 12.3. The first kappa shape index (κ1) is 20.9. The molecular formula is C20H25ClN4O5. The van der Waals surface area contributed by atoms with Gasteiger partial charge in [0, 0.05) is 69.4 Å². The minimum atomic E-state index is -0.661. The van der Waals surface area contributed by atoms with E-state index < -0.39 is 17.9 Å². The Morgan fingerprint density at radius 3 is 2.30 bits per heavy atom. The Kier molecular flexibility index (Phi) is 6.40. The molecule has 1 aromatic rings. The number of carbonyl (C=O) groups excluding carboxylic acids is 3. The topological polar surface area (TPSA) is 82.6 Å². The standard InChI is InChI=1S/C20H25ClN4O5/c21-17-13-16(23-9-11-29-12-10-23)2-1-15(17)14-22-5-7-24(8-6-22)20(28)30-25-18(26)3-4-19(25)27/h1-2,13H,3-12,14H2. The van der Waals surface area contributed by atoms with E-state index in [9.17, 15) is 14.4 Å². The van der Waals surface area contributed by atoms with Gasteiger partial charge in [0.1, 0.15) is 0 Å². The zero-order valence-corrected chi connectivity index (χ0v) is 17.5. The van der Waals surface area contributed by atoms with E-state index in [0.717, 1.165) is 42.6 Å². The van der Waals surface area contributed by atoms with E-state index >= 15 is 0 Å². The van der Waals surface area contributed by atoms with Gasteiger partial charge in [-0.1, -0.05) is 17.7 Å². The molecule has 10 heteroatoms. The maximum Gasteiger partial charge on any atom is 0.434 e. The SMILES string of the molecule is O=C(ON1C(=O)CCC1=O)N1CCN(Cc2ccc(N3CCOCC3)cc2Cl)CC1. The summed E-state index contributed by atoms with van der Waals surface area (Å²) in [6.45, 7) is 6.09.